The molecular weight excluding hydrogens is 386 g/mol. The lowest BCUT2D eigenvalue weighted by Gasteiger charge is -2.28. The second-order valence-electron chi connectivity index (χ2n) is 10.6. The predicted molar refractivity (Wildman–Crippen MR) is 134 cm³/mol. The molecule has 0 aromatic heterocycles. The van der Waals surface area contributed by atoms with Crippen molar-refractivity contribution in [1.29, 1.82) is 0 Å². The van der Waals surface area contributed by atoms with Gasteiger partial charge in [0, 0.05) is 6.61 Å². The summed E-state index contributed by atoms with van der Waals surface area (Å²) in [4.78, 5) is 11.0. The van der Waals surface area contributed by atoms with Crippen LogP contribution in [0, 0.1) is 0 Å². The van der Waals surface area contributed by atoms with Gasteiger partial charge in [0.05, 0.1) is 27.6 Å². The largest absolute Gasteiger partial charge is 0.481 e. The Morgan fingerprint density at radius 3 is 1.35 bits per heavy atom. The van der Waals surface area contributed by atoms with Crippen molar-refractivity contribution in [1.82, 2.24) is 0 Å². The second kappa shape index (κ2) is 21.2. The van der Waals surface area contributed by atoms with Gasteiger partial charge in [-0.3, -0.25) is 4.79 Å². The smallest absolute Gasteiger partial charge is 0.306 e. The number of hydrogen-bond acceptors (Lipinski definition) is 2. The number of quaternary nitrogens is 1. The Labute approximate surface area is 194 Å². The molecular formula is C27H56NO3+. The van der Waals surface area contributed by atoms with E-state index < -0.39 is 5.97 Å². The molecule has 0 aliphatic rings. The Bertz CT molecular complexity index is 392. The van der Waals surface area contributed by atoms with Crippen LogP contribution in [0.15, 0.2) is 0 Å². The highest BCUT2D eigenvalue weighted by Gasteiger charge is 2.21. The number of nitrogens with zero attached hydrogens (tertiary/aromatic N) is 1. The highest BCUT2D eigenvalue weighted by atomic mass is 16.5. The number of rotatable bonds is 24. The number of carbonyl (C=O) groups is 1. The van der Waals surface area contributed by atoms with E-state index in [4.69, 9.17) is 9.84 Å². The molecule has 0 radical (unpaired) electrons. The fourth-order valence-corrected chi connectivity index (χ4v) is 4.24. The van der Waals surface area contributed by atoms with Gasteiger partial charge in [0.25, 0.3) is 0 Å². The Morgan fingerprint density at radius 1 is 0.677 bits per heavy atom. The van der Waals surface area contributed by atoms with Crippen molar-refractivity contribution < 1.29 is 19.1 Å². The van der Waals surface area contributed by atoms with Gasteiger partial charge in [0.1, 0.15) is 12.6 Å². The van der Waals surface area contributed by atoms with E-state index in [2.05, 4.69) is 28.1 Å². The number of carboxylic acids is 1. The summed E-state index contributed by atoms with van der Waals surface area (Å²) < 4.78 is 6.59. The van der Waals surface area contributed by atoms with Crippen molar-refractivity contribution in [3.63, 3.8) is 0 Å². The molecule has 4 heteroatoms. The van der Waals surface area contributed by atoms with Crippen LogP contribution in [-0.2, 0) is 9.53 Å². The third kappa shape index (κ3) is 25.5. The molecule has 0 spiro atoms. The normalized spacial score (nSPS) is 12.9. The first kappa shape index (κ1) is 30.4. The quantitative estimate of drug-likeness (QED) is 0.124. The topological polar surface area (TPSA) is 46.5 Å². The van der Waals surface area contributed by atoms with Crippen LogP contribution in [-0.4, -0.2) is 56.0 Å². The number of likely N-dealkylation sites (N-methyl/N-ethyl adjacent to an activating group) is 1. The van der Waals surface area contributed by atoms with E-state index in [9.17, 15) is 4.79 Å². The minimum Gasteiger partial charge on any atom is -0.481 e. The predicted octanol–water partition coefficient (Wildman–Crippen LogP) is 7.59. The maximum Gasteiger partial charge on any atom is 0.306 e. The lowest BCUT2D eigenvalue weighted by Crippen LogP contribution is -2.43. The summed E-state index contributed by atoms with van der Waals surface area (Å²) in [5, 5.41) is 9.05. The minimum absolute atomic E-state index is 0.106. The van der Waals surface area contributed by atoms with Gasteiger partial charge in [-0.2, -0.15) is 0 Å². The summed E-state index contributed by atoms with van der Waals surface area (Å²) in [6.45, 7) is 3.72. The second-order valence-corrected chi connectivity index (χ2v) is 10.6. The van der Waals surface area contributed by atoms with E-state index in [1.807, 2.05) is 0 Å². The van der Waals surface area contributed by atoms with E-state index in [1.165, 1.54) is 109 Å². The molecule has 0 heterocycles. The Hall–Kier alpha value is -0.610. The van der Waals surface area contributed by atoms with Gasteiger partial charge in [-0.05, 0) is 6.42 Å². The van der Waals surface area contributed by atoms with Gasteiger partial charge in [-0.25, -0.2) is 0 Å². The molecule has 0 aromatic rings. The van der Waals surface area contributed by atoms with Crippen molar-refractivity contribution >= 4 is 5.97 Å². The van der Waals surface area contributed by atoms with Gasteiger partial charge >= 0.3 is 5.97 Å². The Morgan fingerprint density at radius 2 is 1.03 bits per heavy atom. The molecule has 1 N–H and O–H groups in total. The summed E-state index contributed by atoms with van der Waals surface area (Å²) in [7, 11) is 6.23. The molecule has 0 saturated heterocycles. The van der Waals surface area contributed by atoms with Crippen molar-refractivity contribution in [3.05, 3.63) is 0 Å². The first-order valence-corrected chi connectivity index (χ1v) is 13.5. The van der Waals surface area contributed by atoms with Crippen LogP contribution in [0.2, 0.25) is 0 Å². The van der Waals surface area contributed by atoms with Gasteiger partial charge in [0.15, 0.2) is 0 Å². The maximum atomic E-state index is 11.0. The molecule has 0 bridgehead atoms. The Kier molecular flexibility index (Phi) is 20.8. The molecule has 0 fully saturated rings. The molecule has 0 amide bonds. The fourth-order valence-electron chi connectivity index (χ4n) is 4.24. The van der Waals surface area contributed by atoms with Crippen LogP contribution < -0.4 is 0 Å². The number of aliphatic carboxylic acids is 1. The molecule has 0 unspecified atom stereocenters. The number of carboxylic acid groups (broad SMARTS) is 1. The van der Waals surface area contributed by atoms with E-state index >= 15 is 0 Å². The molecule has 0 aliphatic carbocycles. The summed E-state index contributed by atoms with van der Waals surface area (Å²) in [6.07, 6.45) is 24.7. The van der Waals surface area contributed by atoms with Crippen LogP contribution >= 0.6 is 0 Å². The lowest BCUT2D eigenvalue weighted by atomic mass is 10.0. The first-order valence-electron chi connectivity index (χ1n) is 13.5. The van der Waals surface area contributed by atoms with Crippen molar-refractivity contribution in [2.75, 3.05) is 34.3 Å². The fraction of sp³-hybridized carbons (Fsp3) is 0.963. The minimum atomic E-state index is -0.767. The van der Waals surface area contributed by atoms with E-state index in [1.54, 1.807) is 0 Å². The molecule has 186 valence electrons. The highest BCUT2D eigenvalue weighted by Crippen LogP contribution is 2.14. The van der Waals surface area contributed by atoms with E-state index in [0.29, 0.717) is 6.61 Å². The standard InChI is InChI=1S/C27H55NO3/c1-5-6-7-8-9-10-11-12-13-14-15-16-17-18-19-20-21-22-23-31-26(24-27(29)30)25-28(2,3)4/h26H,5-25H2,1-4H3/p+1/t26-/m1/s1. The van der Waals surface area contributed by atoms with Crippen LogP contribution in [0.4, 0.5) is 0 Å². The molecule has 0 aromatic carbocycles. The molecule has 4 nitrogen and oxygen atoms in total. The number of ether oxygens (including phenoxy) is 1. The SMILES string of the molecule is CCCCCCCCCCCCCCCCCCCCO[C@H](CC(=O)O)C[N+](C)(C)C. The van der Waals surface area contributed by atoms with Gasteiger partial charge in [0.2, 0.25) is 0 Å². The summed E-state index contributed by atoms with van der Waals surface area (Å²) in [5.74, 6) is -0.767. The summed E-state index contributed by atoms with van der Waals surface area (Å²) in [6, 6.07) is 0. The Balaban J connectivity index is 3.34. The van der Waals surface area contributed by atoms with Crippen molar-refractivity contribution in [2.24, 2.45) is 0 Å². The molecule has 1 atom stereocenters. The van der Waals surface area contributed by atoms with Crippen LogP contribution in [0.1, 0.15) is 129 Å². The van der Waals surface area contributed by atoms with Gasteiger partial charge in [-0.1, -0.05) is 116 Å². The summed E-state index contributed by atoms with van der Waals surface area (Å²) in [5.41, 5.74) is 0. The average molecular weight is 443 g/mol. The van der Waals surface area contributed by atoms with Gasteiger partial charge in [-0.15, -0.1) is 0 Å². The van der Waals surface area contributed by atoms with E-state index in [0.717, 1.165) is 17.4 Å². The number of hydrogen-bond donors (Lipinski definition) is 1. The average Bonchev–Trinajstić information content (AvgIpc) is 2.68. The molecule has 0 saturated carbocycles. The van der Waals surface area contributed by atoms with Crippen molar-refractivity contribution in [2.45, 2.75) is 135 Å². The van der Waals surface area contributed by atoms with Crippen LogP contribution in [0.5, 0.6) is 0 Å². The monoisotopic (exact) mass is 442 g/mol. The zero-order valence-corrected chi connectivity index (χ0v) is 21.6. The van der Waals surface area contributed by atoms with Crippen molar-refractivity contribution in [3.8, 4) is 0 Å². The maximum absolute atomic E-state index is 11.0. The molecule has 0 aliphatic heterocycles. The van der Waals surface area contributed by atoms with Gasteiger partial charge < -0.3 is 14.3 Å². The van der Waals surface area contributed by atoms with Crippen LogP contribution in [0.25, 0.3) is 0 Å². The molecule has 0 rings (SSSR count). The number of unbranched alkanes of at least 4 members (excludes halogenated alkanes) is 17. The van der Waals surface area contributed by atoms with E-state index in [-0.39, 0.29) is 12.5 Å². The van der Waals surface area contributed by atoms with Crippen LogP contribution in [0.3, 0.4) is 0 Å². The molecule has 31 heavy (non-hydrogen) atoms. The zero-order valence-electron chi connectivity index (χ0n) is 21.6. The third-order valence-electron chi connectivity index (χ3n) is 6.01. The highest BCUT2D eigenvalue weighted by molar-refractivity contribution is 5.67. The zero-order chi connectivity index (χ0) is 23.2. The first-order chi connectivity index (χ1) is 14.8. The third-order valence-corrected chi connectivity index (χ3v) is 6.01. The lowest BCUT2D eigenvalue weighted by molar-refractivity contribution is -0.873. The summed E-state index contributed by atoms with van der Waals surface area (Å²) >= 11 is 0.